The van der Waals surface area contributed by atoms with Crippen molar-refractivity contribution in [2.45, 2.75) is 26.7 Å². The topological polar surface area (TPSA) is 127 Å². The van der Waals surface area contributed by atoms with Gasteiger partial charge in [-0.2, -0.15) is 5.26 Å². The number of H-pyrrole nitrogens is 1. The summed E-state index contributed by atoms with van der Waals surface area (Å²) < 4.78 is 0. The van der Waals surface area contributed by atoms with Crippen molar-refractivity contribution < 1.29 is 9.59 Å². The molecule has 0 saturated heterocycles. The maximum Gasteiger partial charge on any atom is 0.266 e. The summed E-state index contributed by atoms with van der Waals surface area (Å²) >= 11 is 0. The van der Waals surface area contributed by atoms with Gasteiger partial charge in [-0.1, -0.05) is 0 Å². The Labute approximate surface area is 126 Å². The van der Waals surface area contributed by atoms with Gasteiger partial charge < -0.3 is 4.98 Å². The van der Waals surface area contributed by atoms with Crippen molar-refractivity contribution in [1.82, 2.24) is 15.6 Å². The fourth-order valence-electron chi connectivity index (χ4n) is 2.29. The number of carbonyl (C=O) groups excluding carboxylic acids is 2. The number of aromatic amines is 1. The lowest BCUT2D eigenvalue weighted by Gasteiger charge is -2.10. The van der Waals surface area contributed by atoms with Crippen LogP contribution in [0.25, 0.3) is 0 Å². The van der Waals surface area contributed by atoms with E-state index in [0.717, 1.165) is 5.56 Å². The van der Waals surface area contributed by atoms with Crippen LogP contribution in [-0.4, -0.2) is 29.3 Å². The molecule has 2 heterocycles. The van der Waals surface area contributed by atoms with Gasteiger partial charge in [0.05, 0.1) is 0 Å². The molecule has 0 unspecified atom stereocenters. The molecule has 22 heavy (non-hydrogen) atoms. The first kappa shape index (κ1) is 15.4. The van der Waals surface area contributed by atoms with Crippen molar-refractivity contribution in [1.29, 1.82) is 5.26 Å². The highest BCUT2D eigenvalue weighted by atomic mass is 16.2. The van der Waals surface area contributed by atoms with Crippen LogP contribution < -0.4 is 16.2 Å². The molecule has 0 radical (unpaired) electrons. The Hall–Kier alpha value is -2.95. The fraction of sp³-hybridized carbons (Fsp3) is 0.357. The highest BCUT2D eigenvalue weighted by Gasteiger charge is 2.17. The van der Waals surface area contributed by atoms with E-state index in [2.05, 4.69) is 20.6 Å². The van der Waals surface area contributed by atoms with Gasteiger partial charge in [0, 0.05) is 12.1 Å². The Kier molecular flexibility index (Phi) is 4.36. The number of amides is 2. The number of aliphatic imine (C=N–C) groups is 1. The van der Waals surface area contributed by atoms with Gasteiger partial charge in [-0.15, -0.1) is 0 Å². The summed E-state index contributed by atoms with van der Waals surface area (Å²) in [7, 11) is 0. The van der Waals surface area contributed by atoms with Crippen molar-refractivity contribution in [2.24, 2.45) is 4.99 Å². The predicted molar refractivity (Wildman–Crippen MR) is 78.2 cm³/mol. The first-order valence-corrected chi connectivity index (χ1v) is 6.69. The quantitative estimate of drug-likeness (QED) is 0.688. The van der Waals surface area contributed by atoms with Crippen LogP contribution in [0.15, 0.2) is 9.79 Å². The molecule has 1 aromatic heterocycles. The number of guanidine groups is 1. The zero-order valence-electron chi connectivity index (χ0n) is 12.2. The Balaban J connectivity index is 2.06. The standard InChI is InChI=1S/C14H15N5O3/c1-7-9(8(2)17-13(22)10(7)5-15)3-4-11(20)18-14-16-6-12(21)19-14/h3-4,6H2,1-2H3,(H,17,22)(H2,16,18,19,20,21). The van der Waals surface area contributed by atoms with E-state index in [9.17, 15) is 14.4 Å². The average molecular weight is 301 g/mol. The van der Waals surface area contributed by atoms with Crippen LogP contribution >= 0.6 is 0 Å². The number of nitrogens with one attached hydrogen (secondary N) is 3. The molecule has 1 aliphatic heterocycles. The SMILES string of the molecule is Cc1[nH]c(=O)c(C#N)c(C)c1CCC(=O)NC1=NCC(=O)N1. The van der Waals surface area contributed by atoms with Crippen molar-refractivity contribution in [3.05, 3.63) is 32.7 Å². The number of hydrogen-bond acceptors (Lipinski definition) is 5. The summed E-state index contributed by atoms with van der Waals surface area (Å²) in [4.78, 5) is 40.9. The number of carbonyl (C=O) groups is 2. The van der Waals surface area contributed by atoms with Gasteiger partial charge in [0.2, 0.25) is 17.8 Å². The third kappa shape index (κ3) is 3.20. The molecule has 1 aromatic rings. The molecule has 0 spiro atoms. The van der Waals surface area contributed by atoms with Crippen molar-refractivity contribution in [3.63, 3.8) is 0 Å². The van der Waals surface area contributed by atoms with Crippen LogP contribution in [0.3, 0.4) is 0 Å². The lowest BCUT2D eigenvalue weighted by atomic mass is 9.99. The molecule has 0 bridgehead atoms. The normalized spacial score (nSPS) is 13.3. The minimum atomic E-state index is -0.422. The summed E-state index contributed by atoms with van der Waals surface area (Å²) in [5.41, 5.74) is 1.63. The molecule has 8 heteroatoms. The number of hydrogen-bond donors (Lipinski definition) is 3. The molecule has 2 amide bonds. The lowest BCUT2D eigenvalue weighted by molar-refractivity contribution is -0.119. The molecular weight excluding hydrogens is 286 g/mol. The van der Waals surface area contributed by atoms with Crippen molar-refractivity contribution in [2.75, 3.05) is 6.54 Å². The monoisotopic (exact) mass is 301 g/mol. The molecule has 3 N–H and O–H groups in total. The third-order valence-electron chi connectivity index (χ3n) is 3.42. The van der Waals surface area contributed by atoms with E-state index < -0.39 is 5.56 Å². The molecule has 1 aliphatic rings. The maximum absolute atomic E-state index is 11.8. The van der Waals surface area contributed by atoms with Crippen LogP contribution in [0.4, 0.5) is 0 Å². The van der Waals surface area contributed by atoms with Gasteiger partial charge in [0.25, 0.3) is 5.56 Å². The summed E-state index contributed by atoms with van der Waals surface area (Å²) in [6, 6.07) is 1.87. The molecule has 0 atom stereocenters. The smallest absolute Gasteiger partial charge is 0.266 e. The number of rotatable bonds is 3. The van der Waals surface area contributed by atoms with Gasteiger partial charge in [0.15, 0.2) is 0 Å². The number of aromatic nitrogens is 1. The summed E-state index contributed by atoms with van der Waals surface area (Å²) in [5, 5.41) is 13.9. The number of nitriles is 1. The average Bonchev–Trinajstić information content (AvgIpc) is 2.83. The van der Waals surface area contributed by atoms with Crippen LogP contribution in [0.1, 0.15) is 28.8 Å². The summed E-state index contributed by atoms with van der Waals surface area (Å²) in [6.07, 6.45) is 0.518. The first-order valence-electron chi connectivity index (χ1n) is 6.69. The fourth-order valence-corrected chi connectivity index (χ4v) is 2.29. The van der Waals surface area contributed by atoms with Crippen LogP contribution in [0, 0.1) is 25.2 Å². The molecule has 0 aromatic carbocycles. The van der Waals surface area contributed by atoms with Crippen LogP contribution in [0.2, 0.25) is 0 Å². The molecule has 0 saturated carbocycles. The van der Waals surface area contributed by atoms with E-state index in [1.165, 1.54) is 0 Å². The maximum atomic E-state index is 11.8. The van der Waals surface area contributed by atoms with E-state index in [4.69, 9.17) is 5.26 Å². The van der Waals surface area contributed by atoms with E-state index >= 15 is 0 Å². The Morgan fingerprint density at radius 2 is 2.14 bits per heavy atom. The second kappa shape index (κ2) is 6.22. The van der Waals surface area contributed by atoms with E-state index in [1.54, 1.807) is 13.8 Å². The van der Waals surface area contributed by atoms with Gasteiger partial charge >= 0.3 is 0 Å². The van der Waals surface area contributed by atoms with Gasteiger partial charge in [-0.05, 0) is 31.4 Å². The number of nitrogens with zero attached hydrogens (tertiary/aromatic N) is 2. The minimum absolute atomic E-state index is 0.0132. The minimum Gasteiger partial charge on any atom is -0.325 e. The summed E-state index contributed by atoms with van der Waals surface area (Å²) in [6.45, 7) is 3.43. The molecule has 0 aliphatic carbocycles. The Morgan fingerprint density at radius 3 is 2.73 bits per heavy atom. The summed E-state index contributed by atoms with van der Waals surface area (Å²) in [5.74, 6) is -0.409. The molecule has 114 valence electrons. The molecule has 2 rings (SSSR count). The van der Waals surface area contributed by atoms with Gasteiger partial charge in [-0.25, -0.2) is 4.99 Å². The second-order valence-corrected chi connectivity index (χ2v) is 4.93. The largest absolute Gasteiger partial charge is 0.325 e. The zero-order valence-corrected chi connectivity index (χ0v) is 12.2. The van der Waals surface area contributed by atoms with Gasteiger partial charge in [0.1, 0.15) is 18.2 Å². The highest BCUT2D eigenvalue weighted by Crippen LogP contribution is 2.14. The Morgan fingerprint density at radius 1 is 1.41 bits per heavy atom. The number of pyridine rings is 1. The molecular formula is C14H15N5O3. The number of aryl methyl sites for hydroxylation is 1. The Bertz CT molecular complexity index is 770. The highest BCUT2D eigenvalue weighted by molar-refractivity contribution is 6.08. The van der Waals surface area contributed by atoms with Crippen LogP contribution in [0.5, 0.6) is 0 Å². The van der Waals surface area contributed by atoms with E-state index in [0.29, 0.717) is 17.7 Å². The van der Waals surface area contributed by atoms with Crippen molar-refractivity contribution >= 4 is 17.8 Å². The lowest BCUT2D eigenvalue weighted by Crippen LogP contribution is -2.40. The van der Waals surface area contributed by atoms with Crippen molar-refractivity contribution in [3.8, 4) is 6.07 Å². The first-order chi connectivity index (χ1) is 10.4. The zero-order chi connectivity index (χ0) is 16.3. The van der Waals surface area contributed by atoms with Crippen LogP contribution in [-0.2, 0) is 16.0 Å². The predicted octanol–water partition coefficient (Wildman–Crippen LogP) is -0.602. The van der Waals surface area contributed by atoms with Gasteiger partial charge in [-0.3, -0.25) is 25.0 Å². The van der Waals surface area contributed by atoms with E-state index in [-0.39, 0.29) is 36.3 Å². The molecule has 8 nitrogen and oxygen atoms in total. The third-order valence-corrected chi connectivity index (χ3v) is 3.42. The molecule has 0 fully saturated rings. The second-order valence-electron chi connectivity index (χ2n) is 4.93. The van der Waals surface area contributed by atoms with E-state index in [1.807, 2.05) is 6.07 Å².